The van der Waals surface area contributed by atoms with Gasteiger partial charge in [0.25, 0.3) is 5.91 Å². The summed E-state index contributed by atoms with van der Waals surface area (Å²) in [6, 6.07) is 11.0. The summed E-state index contributed by atoms with van der Waals surface area (Å²) in [7, 11) is 0. The molecule has 154 valence electrons. The van der Waals surface area contributed by atoms with Gasteiger partial charge in [0.1, 0.15) is 5.71 Å². The van der Waals surface area contributed by atoms with Crippen molar-refractivity contribution in [2.24, 2.45) is 5.16 Å². The fourth-order valence-corrected chi connectivity index (χ4v) is 4.41. The van der Waals surface area contributed by atoms with Crippen molar-refractivity contribution in [3.05, 3.63) is 56.5 Å². The van der Waals surface area contributed by atoms with Crippen LogP contribution in [0.2, 0.25) is 9.36 Å². The third-order valence-corrected chi connectivity index (χ3v) is 6.47. The van der Waals surface area contributed by atoms with E-state index in [0.717, 1.165) is 29.0 Å². The Kier molecular flexibility index (Phi) is 5.22. The summed E-state index contributed by atoms with van der Waals surface area (Å²) in [5, 5.41) is 12.9. The molecule has 1 aromatic carbocycles. The number of rotatable bonds is 6. The number of carbonyl (C=O) groups is 1. The molecule has 1 saturated carbocycles. The van der Waals surface area contributed by atoms with Crippen LogP contribution in [0, 0.1) is 0 Å². The maximum atomic E-state index is 13.1. The molecule has 5 rings (SSSR count). The maximum absolute atomic E-state index is 13.1. The van der Waals surface area contributed by atoms with Crippen LogP contribution < -0.4 is 0 Å². The molecule has 10 heteroatoms. The Labute approximate surface area is 186 Å². The average molecular weight is 463 g/mol. The Balaban J connectivity index is 1.27. The van der Waals surface area contributed by atoms with Gasteiger partial charge in [0.2, 0.25) is 17.9 Å². The van der Waals surface area contributed by atoms with Gasteiger partial charge in [0.15, 0.2) is 0 Å². The summed E-state index contributed by atoms with van der Waals surface area (Å²) in [6.07, 6.45) is 1.66. The first-order valence-electron chi connectivity index (χ1n) is 9.44. The van der Waals surface area contributed by atoms with E-state index in [4.69, 9.17) is 32.5 Å². The van der Waals surface area contributed by atoms with Crippen LogP contribution in [0.5, 0.6) is 0 Å². The molecule has 7 nitrogen and oxygen atoms in total. The maximum Gasteiger partial charge on any atom is 0.267 e. The van der Waals surface area contributed by atoms with Gasteiger partial charge in [-0.15, -0.1) is 21.5 Å². The number of oxime groups is 1. The molecule has 30 heavy (non-hydrogen) atoms. The van der Waals surface area contributed by atoms with Crippen molar-refractivity contribution in [2.75, 3.05) is 0 Å². The van der Waals surface area contributed by atoms with Crippen molar-refractivity contribution >= 4 is 46.2 Å². The lowest BCUT2D eigenvalue weighted by Crippen LogP contribution is -2.40. The number of carbonyl (C=O) groups excluding carboxylic acids is 1. The number of thiophene rings is 1. The number of amides is 1. The van der Waals surface area contributed by atoms with Crippen LogP contribution in [-0.2, 0) is 16.2 Å². The Morgan fingerprint density at radius 1 is 1.13 bits per heavy atom. The van der Waals surface area contributed by atoms with E-state index in [1.54, 1.807) is 17.0 Å². The predicted molar refractivity (Wildman–Crippen MR) is 114 cm³/mol. The average Bonchev–Trinajstić information content (AvgIpc) is 3.12. The number of halogens is 2. The second kappa shape index (κ2) is 8.02. The second-order valence-corrected chi connectivity index (χ2v) is 9.30. The van der Waals surface area contributed by atoms with Gasteiger partial charge < -0.3 is 14.2 Å². The van der Waals surface area contributed by atoms with E-state index in [1.165, 1.54) is 11.3 Å². The lowest BCUT2D eigenvalue weighted by atomic mass is 10.1. The molecule has 1 aliphatic heterocycles. The molecule has 1 aliphatic carbocycles. The van der Waals surface area contributed by atoms with Crippen LogP contribution in [0.25, 0.3) is 11.5 Å². The molecule has 0 saturated heterocycles. The van der Waals surface area contributed by atoms with E-state index in [2.05, 4.69) is 15.4 Å². The van der Waals surface area contributed by atoms with E-state index in [-0.39, 0.29) is 18.5 Å². The summed E-state index contributed by atoms with van der Waals surface area (Å²) < 4.78 is 6.46. The molecular formula is C20H16Cl2N4O3S. The molecule has 1 amide bonds. The summed E-state index contributed by atoms with van der Waals surface area (Å²) in [6.45, 7) is 0.240. The summed E-state index contributed by atoms with van der Waals surface area (Å²) in [4.78, 5) is 21.3. The van der Waals surface area contributed by atoms with Gasteiger partial charge in [-0.25, -0.2) is 0 Å². The van der Waals surface area contributed by atoms with Gasteiger partial charge in [-0.3, -0.25) is 4.79 Å². The van der Waals surface area contributed by atoms with Crippen LogP contribution in [0.3, 0.4) is 0 Å². The molecule has 1 fully saturated rings. The van der Waals surface area contributed by atoms with E-state index in [1.807, 2.05) is 24.3 Å². The quantitative estimate of drug-likeness (QED) is 0.525. The first-order valence-corrected chi connectivity index (χ1v) is 11.0. The molecule has 0 spiro atoms. The second-order valence-electron chi connectivity index (χ2n) is 7.15. The Morgan fingerprint density at radius 3 is 2.63 bits per heavy atom. The van der Waals surface area contributed by atoms with Crippen LogP contribution in [0.4, 0.5) is 0 Å². The van der Waals surface area contributed by atoms with Crippen molar-refractivity contribution in [1.82, 2.24) is 15.1 Å². The highest BCUT2D eigenvalue weighted by Crippen LogP contribution is 2.32. The monoisotopic (exact) mass is 462 g/mol. The minimum absolute atomic E-state index is 0.120. The lowest BCUT2D eigenvalue weighted by Gasteiger charge is -2.22. The van der Waals surface area contributed by atoms with Gasteiger partial charge >= 0.3 is 0 Å². The standard InChI is InChI=1S/C20H16Cl2N4O3S/c21-12-3-1-11(2-4-12)19-24-23-18(28-19)10-26(13-5-6-13)20(27)15-9-14(25-29-15)16-7-8-17(22)30-16/h1-4,7-8,13,15H,5-6,9-10H2. The van der Waals surface area contributed by atoms with Crippen molar-refractivity contribution in [2.45, 2.75) is 38.0 Å². The third-order valence-electron chi connectivity index (χ3n) is 4.94. The third kappa shape index (κ3) is 4.08. The van der Waals surface area contributed by atoms with Crippen molar-refractivity contribution in [1.29, 1.82) is 0 Å². The topological polar surface area (TPSA) is 80.8 Å². The summed E-state index contributed by atoms with van der Waals surface area (Å²) in [5.41, 5.74) is 1.51. The van der Waals surface area contributed by atoms with E-state index in [0.29, 0.717) is 27.6 Å². The fraction of sp³-hybridized carbons (Fsp3) is 0.300. The van der Waals surface area contributed by atoms with Gasteiger partial charge in [-0.05, 0) is 49.2 Å². The van der Waals surface area contributed by atoms with E-state index >= 15 is 0 Å². The predicted octanol–water partition coefficient (Wildman–Crippen LogP) is 4.79. The first kappa shape index (κ1) is 19.5. The summed E-state index contributed by atoms with van der Waals surface area (Å²) in [5.74, 6) is 0.650. The molecule has 0 N–H and O–H groups in total. The molecule has 3 aromatic rings. The molecule has 2 aromatic heterocycles. The number of aromatic nitrogens is 2. The molecule has 1 atom stereocenters. The zero-order chi connectivity index (χ0) is 20.7. The highest BCUT2D eigenvalue weighted by Gasteiger charge is 2.40. The van der Waals surface area contributed by atoms with Crippen LogP contribution in [0.1, 0.15) is 30.0 Å². The molecule has 0 bridgehead atoms. The number of benzene rings is 1. The van der Waals surface area contributed by atoms with Crippen LogP contribution in [0.15, 0.2) is 46.0 Å². The van der Waals surface area contributed by atoms with Crippen LogP contribution >= 0.6 is 34.5 Å². The zero-order valence-corrected chi connectivity index (χ0v) is 18.0. The Morgan fingerprint density at radius 2 is 1.93 bits per heavy atom. The Hall–Kier alpha value is -2.42. The molecule has 2 aliphatic rings. The largest absolute Gasteiger partial charge is 0.419 e. The molecule has 3 heterocycles. The van der Waals surface area contributed by atoms with Crippen molar-refractivity contribution < 1.29 is 14.0 Å². The van der Waals surface area contributed by atoms with Crippen LogP contribution in [-0.4, -0.2) is 38.9 Å². The van der Waals surface area contributed by atoms with E-state index < -0.39 is 6.10 Å². The smallest absolute Gasteiger partial charge is 0.267 e. The highest BCUT2D eigenvalue weighted by molar-refractivity contribution is 7.18. The SMILES string of the molecule is O=C(C1CC(c2ccc(Cl)s2)=NO1)N(Cc1nnc(-c2ccc(Cl)cc2)o1)C1CC1. The summed E-state index contributed by atoms with van der Waals surface area (Å²) >= 11 is 13.3. The normalized spacial score (nSPS) is 18.2. The van der Waals surface area contributed by atoms with Crippen molar-refractivity contribution in [3.63, 3.8) is 0 Å². The fourth-order valence-electron chi connectivity index (χ4n) is 3.26. The van der Waals surface area contributed by atoms with Gasteiger partial charge in [-0.1, -0.05) is 28.4 Å². The number of hydrogen-bond acceptors (Lipinski definition) is 7. The number of hydrogen-bond donors (Lipinski definition) is 0. The minimum atomic E-state index is -0.653. The van der Waals surface area contributed by atoms with Gasteiger partial charge in [0.05, 0.1) is 15.8 Å². The first-order chi connectivity index (χ1) is 14.6. The van der Waals surface area contributed by atoms with E-state index in [9.17, 15) is 4.79 Å². The Bertz CT molecular complexity index is 1110. The highest BCUT2D eigenvalue weighted by atomic mass is 35.5. The minimum Gasteiger partial charge on any atom is -0.419 e. The zero-order valence-electron chi connectivity index (χ0n) is 15.6. The number of nitrogens with zero attached hydrogens (tertiary/aromatic N) is 4. The van der Waals surface area contributed by atoms with Crippen molar-refractivity contribution in [3.8, 4) is 11.5 Å². The van der Waals surface area contributed by atoms with Gasteiger partial charge in [-0.2, -0.15) is 0 Å². The lowest BCUT2D eigenvalue weighted by molar-refractivity contribution is -0.143. The molecular weight excluding hydrogens is 447 g/mol. The molecule has 1 unspecified atom stereocenters. The van der Waals surface area contributed by atoms with Gasteiger partial charge in [0, 0.05) is 23.0 Å². The molecule has 0 radical (unpaired) electrons.